The lowest BCUT2D eigenvalue weighted by atomic mass is 9.99. The molecule has 1 aromatic carbocycles. The molecule has 0 spiro atoms. The van der Waals surface area contributed by atoms with Crippen molar-refractivity contribution in [3.8, 4) is 11.5 Å². The van der Waals surface area contributed by atoms with E-state index in [9.17, 15) is 0 Å². The number of hydrogen-bond acceptors (Lipinski definition) is 6. The second-order valence-electron chi connectivity index (χ2n) is 7.48. The first kappa shape index (κ1) is 22.5. The average Bonchev–Trinajstić information content (AvgIpc) is 3.45. The molecule has 0 amide bonds. The summed E-state index contributed by atoms with van der Waals surface area (Å²) in [7, 11) is 1.75. The summed E-state index contributed by atoms with van der Waals surface area (Å²) in [5.74, 6) is 3.22. The zero-order chi connectivity index (χ0) is 22.1. The molecular weight excluding hydrogens is 392 g/mol. The topological polar surface area (TPSA) is 101 Å². The van der Waals surface area contributed by atoms with E-state index < -0.39 is 0 Å². The summed E-state index contributed by atoms with van der Waals surface area (Å²) in [5, 5.41) is 14.8. The quantitative estimate of drug-likeness (QED) is 0.366. The number of guanidine groups is 1. The lowest BCUT2D eigenvalue weighted by Crippen LogP contribution is -2.36. The Hall–Kier alpha value is -3.16. The van der Waals surface area contributed by atoms with Crippen LogP contribution in [-0.2, 0) is 19.5 Å². The van der Waals surface area contributed by atoms with Crippen LogP contribution in [0.5, 0.6) is 0 Å². The van der Waals surface area contributed by atoms with Crippen LogP contribution in [0.25, 0.3) is 11.5 Å². The highest BCUT2D eigenvalue weighted by Gasteiger charge is 2.13. The third-order valence-corrected chi connectivity index (χ3v) is 5.21. The molecule has 2 N–H and O–H groups in total. The molecule has 0 saturated heterocycles. The third kappa shape index (κ3) is 6.16. The fraction of sp³-hybridized carbons (Fsp3) is 0.478. The summed E-state index contributed by atoms with van der Waals surface area (Å²) >= 11 is 0. The molecule has 8 nitrogen and oxygen atoms in total. The van der Waals surface area contributed by atoms with Crippen molar-refractivity contribution in [1.82, 2.24) is 25.9 Å². The zero-order valence-electron chi connectivity index (χ0n) is 18.8. The standard InChI is InChI=1S/C23H32N6O2/c1-5-9-21-27-22(31-29-21)18-11-8-10-16(12-18)14-25-23(24-4)26-15-19-13-20(28-30-19)17(6-2)7-3/h8,10-13,17H,5-7,9,14-15H2,1-4H3,(H2,24,25,26). The van der Waals surface area contributed by atoms with Crippen LogP contribution in [0, 0.1) is 0 Å². The number of aliphatic imine (C=N–C) groups is 1. The Bertz CT molecular complexity index is 974. The monoisotopic (exact) mass is 424 g/mol. The van der Waals surface area contributed by atoms with Gasteiger partial charge in [0.05, 0.1) is 12.2 Å². The van der Waals surface area contributed by atoms with Gasteiger partial charge in [-0.2, -0.15) is 4.98 Å². The fourth-order valence-corrected chi connectivity index (χ4v) is 3.40. The van der Waals surface area contributed by atoms with Crippen molar-refractivity contribution in [3.63, 3.8) is 0 Å². The van der Waals surface area contributed by atoms with E-state index in [-0.39, 0.29) is 0 Å². The van der Waals surface area contributed by atoms with Gasteiger partial charge in [0.15, 0.2) is 17.5 Å². The Morgan fingerprint density at radius 1 is 1.03 bits per heavy atom. The normalized spacial score (nSPS) is 11.8. The van der Waals surface area contributed by atoms with Gasteiger partial charge in [0.1, 0.15) is 0 Å². The molecule has 8 heteroatoms. The first-order valence-electron chi connectivity index (χ1n) is 11.0. The molecule has 0 fully saturated rings. The van der Waals surface area contributed by atoms with Crippen molar-refractivity contribution >= 4 is 5.96 Å². The second-order valence-corrected chi connectivity index (χ2v) is 7.48. The van der Waals surface area contributed by atoms with Gasteiger partial charge in [0, 0.05) is 37.6 Å². The molecule has 0 aliphatic rings. The summed E-state index contributed by atoms with van der Waals surface area (Å²) < 4.78 is 10.9. The number of rotatable bonds is 10. The number of hydrogen-bond donors (Lipinski definition) is 2. The number of nitrogens with zero attached hydrogens (tertiary/aromatic N) is 4. The van der Waals surface area contributed by atoms with Gasteiger partial charge in [0.2, 0.25) is 0 Å². The molecular formula is C23H32N6O2. The first-order chi connectivity index (χ1) is 15.2. The van der Waals surface area contributed by atoms with Crippen molar-refractivity contribution in [2.75, 3.05) is 7.05 Å². The molecule has 0 bridgehead atoms. The molecule has 3 rings (SSSR count). The third-order valence-electron chi connectivity index (χ3n) is 5.21. The van der Waals surface area contributed by atoms with Crippen molar-refractivity contribution in [3.05, 3.63) is 53.2 Å². The van der Waals surface area contributed by atoms with Crippen LogP contribution in [0.1, 0.15) is 68.8 Å². The smallest absolute Gasteiger partial charge is 0.257 e. The Kier molecular flexibility index (Phi) is 8.20. The molecule has 0 radical (unpaired) electrons. The highest BCUT2D eigenvalue weighted by molar-refractivity contribution is 5.79. The van der Waals surface area contributed by atoms with Gasteiger partial charge in [-0.15, -0.1) is 0 Å². The van der Waals surface area contributed by atoms with E-state index in [0.29, 0.717) is 30.9 Å². The minimum atomic E-state index is 0.444. The summed E-state index contributed by atoms with van der Waals surface area (Å²) in [6.45, 7) is 7.57. The van der Waals surface area contributed by atoms with Gasteiger partial charge in [-0.25, -0.2) is 0 Å². The van der Waals surface area contributed by atoms with Crippen molar-refractivity contribution in [2.24, 2.45) is 4.99 Å². The molecule has 166 valence electrons. The Morgan fingerprint density at radius 3 is 2.58 bits per heavy atom. The van der Waals surface area contributed by atoms with E-state index in [1.165, 1.54) is 0 Å². The lowest BCUT2D eigenvalue weighted by Gasteiger charge is -2.11. The molecule has 31 heavy (non-hydrogen) atoms. The highest BCUT2D eigenvalue weighted by atomic mass is 16.5. The molecule has 2 heterocycles. The van der Waals surface area contributed by atoms with Gasteiger partial charge in [-0.3, -0.25) is 4.99 Å². The lowest BCUT2D eigenvalue weighted by molar-refractivity contribution is 0.368. The maximum atomic E-state index is 5.47. The van der Waals surface area contributed by atoms with Crippen LogP contribution in [0.2, 0.25) is 0 Å². The van der Waals surface area contributed by atoms with Crippen LogP contribution in [0.3, 0.4) is 0 Å². The van der Waals surface area contributed by atoms with Crippen LogP contribution >= 0.6 is 0 Å². The van der Waals surface area contributed by atoms with Gasteiger partial charge < -0.3 is 19.7 Å². The Labute approximate surface area is 183 Å². The maximum Gasteiger partial charge on any atom is 0.257 e. The summed E-state index contributed by atoms with van der Waals surface area (Å²) in [4.78, 5) is 8.75. The van der Waals surface area contributed by atoms with Crippen molar-refractivity contribution < 1.29 is 9.05 Å². The number of aromatic nitrogens is 3. The highest BCUT2D eigenvalue weighted by Crippen LogP contribution is 2.22. The van der Waals surface area contributed by atoms with Crippen molar-refractivity contribution in [1.29, 1.82) is 0 Å². The summed E-state index contributed by atoms with van der Waals surface area (Å²) in [5.41, 5.74) is 3.02. The van der Waals surface area contributed by atoms with Crippen LogP contribution in [0.15, 0.2) is 44.4 Å². The van der Waals surface area contributed by atoms with E-state index in [2.05, 4.69) is 51.7 Å². The van der Waals surface area contributed by atoms with E-state index in [0.717, 1.165) is 54.1 Å². The Balaban J connectivity index is 1.55. The minimum Gasteiger partial charge on any atom is -0.359 e. The number of aryl methyl sites for hydroxylation is 1. The molecule has 0 saturated carbocycles. The molecule has 3 aromatic rings. The predicted molar refractivity (Wildman–Crippen MR) is 121 cm³/mol. The van der Waals surface area contributed by atoms with Crippen LogP contribution in [-0.4, -0.2) is 28.3 Å². The number of benzene rings is 1. The first-order valence-corrected chi connectivity index (χ1v) is 11.0. The van der Waals surface area contributed by atoms with Gasteiger partial charge in [-0.1, -0.05) is 43.2 Å². The average molecular weight is 425 g/mol. The summed E-state index contributed by atoms with van der Waals surface area (Å²) in [6.07, 6.45) is 3.92. The van der Waals surface area contributed by atoms with E-state index in [1.54, 1.807) is 7.05 Å². The fourth-order valence-electron chi connectivity index (χ4n) is 3.40. The van der Waals surface area contributed by atoms with E-state index in [4.69, 9.17) is 9.05 Å². The van der Waals surface area contributed by atoms with E-state index in [1.807, 2.05) is 30.3 Å². The second kappa shape index (κ2) is 11.3. The van der Waals surface area contributed by atoms with Crippen LogP contribution in [0.4, 0.5) is 0 Å². The molecule has 2 aromatic heterocycles. The van der Waals surface area contributed by atoms with Crippen molar-refractivity contribution in [2.45, 2.75) is 65.5 Å². The predicted octanol–water partition coefficient (Wildman–Crippen LogP) is 4.45. The van der Waals surface area contributed by atoms with Gasteiger partial charge >= 0.3 is 0 Å². The molecule has 0 aliphatic carbocycles. The largest absolute Gasteiger partial charge is 0.359 e. The molecule has 0 atom stereocenters. The van der Waals surface area contributed by atoms with Crippen LogP contribution < -0.4 is 10.6 Å². The van der Waals surface area contributed by atoms with E-state index >= 15 is 0 Å². The molecule has 0 unspecified atom stereocenters. The zero-order valence-corrected chi connectivity index (χ0v) is 18.8. The molecule has 0 aliphatic heterocycles. The van der Waals surface area contributed by atoms with Gasteiger partial charge in [0.25, 0.3) is 5.89 Å². The maximum absolute atomic E-state index is 5.47. The van der Waals surface area contributed by atoms with Gasteiger partial charge in [-0.05, 0) is 37.0 Å². The number of nitrogens with one attached hydrogen (secondary N) is 2. The summed E-state index contributed by atoms with van der Waals surface area (Å²) in [6, 6.07) is 10.1. The SMILES string of the molecule is CCCc1noc(-c2cccc(CNC(=NC)NCc3cc(C(CC)CC)no3)c2)n1. The minimum absolute atomic E-state index is 0.444. The Morgan fingerprint density at radius 2 is 1.84 bits per heavy atom.